The van der Waals surface area contributed by atoms with Gasteiger partial charge in [-0.3, -0.25) is 4.79 Å². The number of amides is 1. The van der Waals surface area contributed by atoms with Gasteiger partial charge in [0.15, 0.2) is 5.13 Å². The number of carbonyl (C=O) groups excluding carboxylic acids is 1. The van der Waals surface area contributed by atoms with Crippen molar-refractivity contribution in [1.82, 2.24) is 4.98 Å². The van der Waals surface area contributed by atoms with Gasteiger partial charge in [-0.15, -0.1) is 11.3 Å². The van der Waals surface area contributed by atoms with E-state index < -0.39 is 0 Å². The number of hydrogen-bond donors (Lipinski definition) is 1. The van der Waals surface area contributed by atoms with E-state index in [0.29, 0.717) is 11.6 Å². The lowest BCUT2D eigenvalue weighted by atomic mass is 9.90. The number of aryl methyl sites for hydroxylation is 4. The molecule has 1 N–H and O–H groups in total. The lowest BCUT2D eigenvalue weighted by molar-refractivity contribution is -0.116. The van der Waals surface area contributed by atoms with Gasteiger partial charge in [-0.25, -0.2) is 4.98 Å². The second-order valence-corrected chi connectivity index (χ2v) is 8.12. The molecule has 0 aliphatic heterocycles. The number of rotatable bonds is 5. The molecule has 0 unspecified atom stereocenters. The van der Waals surface area contributed by atoms with Gasteiger partial charge in [0.05, 0.1) is 5.69 Å². The van der Waals surface area contributed by atoms with Crippen LogP contribution >= 0.6 is 11.3 Å². The Balaban J connectivity index is 1.37. The Morgan fingerprint density at radius 2 is 1.85 bits per heavy atom. The number of benzene rings is 2. The predicted molar refractivity (Wildman–Crippen MR) is 112 cm³/mol. The summed E-state index contributed by atoms with van der Waals surface area (Å²) in [5, 5.41) is 5.65. The van der Waals surface area contributed by atoms with Crippen molar-refractivity contribution in [2.75, 3.05) is 5.32 Å². The molecule has 0 fully saturated rings. The summed E-state index contributed by atoms with van der Waals surface area (Å²) in [4.78, 5) is 16.9. The molecule has 1 heterocycles. The monoisotopic (exact) mass is 376 g/mol. The highest BCUT2D eigenvalue weighted by atomic mass is 32.1. The zero-order valence-electron chi connectivity index (χ0n) is 15.6. The van der Waals surface area contributed by atoms with E-state index in [1.165, 1.54) is 52.9 Å². The van der Waals surface area contributed by atoms with Gasteiger partial charge >= 0.3 is 0 Å². The first kappa shape index (κ1) is 17.9. The predicted octanol–water partition coefficient (Wildman–Crippen LogP) is 5.57. The summed E-state index contributed by atoms with van der Waals surface area (Å²) in [5.41, 5.74) is 7.44. The average molecular weight is 377 g/mol. The van der Waals surface area contributed by atoms with Crippen molar-refractivity contribution in [2.24, 2.45) is 0 Å². The largest absolute Gasteiger partial charge is 0.302 e. The number of hydrogen-bond acceptors (Lipinski definition) is 3. The van der Waals surface area contributed by atoms with E-state index in [1.807, 2.05) is 5.38 Å². The summed E-state index contributed by atoms with van der Waals surface area (Å²) in [7, 11) is 0. The van der Waals surface area contributed by atoms with E-state index in [1.54, 1.807) is 0 Å². The van der Waals surface area contributed by atoms with Crippen molar-refractivity contribution in [1.29, 1.82) is 0 Å². The van der Waals surface area contributed by atoms with Gasteiger partial charge in [0.25, 0.3) is 0 Å². The van der Waals surface area contributed by atoms with E-state index in [2.05, 4.69) is 59.7 Å². The molecule has 3 nitrogen and oxygen atoms in total. The summed E-state index contributed by atoms with van der Waals surface area (Å²) < 4.78 is 0. The average Bonchev–Trinajstić information content (AvgIpc) is 3.15. The molecular weight excluding hydrogens is 352 g/mol. The Hall–Kier alpha value is -2.46. The Bertz CT molecular complexity index is 943. The molecule has 2 aromatic carbocycles. The maximum absolute atomic E-state index is 12.2. The molecule has 4 rings (SSSR count). The van der Waals surface area contributed by atoms with Crippen LogP contribution in [-0.4, -0.2) is 10.9 Å². The molecule has 1 aliphatic carbocycles. The van der Waals surface area contributed by atoms with Crippen LogP contribution in [0.15, 0.2) is 47.8 Å². The van der Waals surface area contributed by atoms with E-state index in [-0.39, 0.29) is 5.91 Å². The second kappa shape index (κ2) is 8.05. The molecule has 27 heavy (non-hydrogen) atoms. The van der Waals surface area contributed by atoms with E-state index in [4.69, 9.17) is 0 Å². The molecule has 3 aromatic rings. The van der Waals surface area contributed by atoms with Crippen LogP contribution in [0.3, 0.4) is 0 Å². The highest BCUT2D eigenvalue weighted by Crippen LogP contribution is 2.29. The molecule has 0 atom stereocenters. The van der Waals surface area contributed by atoms with Crippen molar-refractivity contribution < 1.29 is 4.79 Å². The Morgan fingerprint density at radius 3 is 2.67 bits per heavy atom. The van der Waals surface area contributed by atoms with E-state index in [9.17, 15) is 4.79 Å². The summed E-state index contributed by atoms with van der Waals surface area (Å²) >= 11 is 1.49. The highest BCUT2D eigenvalue weighted by molar-refractivity contribution is 7.14. The van der Waals surface area contributed by atoms with Crippen LogP contribution in [-0.2, 0) is 24.1 Å². The Kier molecular flexibility index (Phi) is 5.35. The SMILES string of the molecule is Cc1ccc(CCC(=O)Nc2nc(-c3ccc4c(c3)CCCC4)cs2)cc1. The smallest absolute Gasteiger partial charge is 0.226 e. The molecular formula is C23H24N2OS. The van der Waals surface area contributed by atoms with Crippen LogP contribution in [0, 0.1) is 6.92 Å². The molecule has 4 heteroatoms. The molecule has 138 valence electrons. The van der Waals surface area contributed by atoms with Crippen LogP contribution in [0.2, 0.25) is 0 Å². The number of aromatic nitrogens is 1. The fraction of sp³-hybridized carbons (Fsp3) is 0.304. The number of anilines is 1. The van der Waals surface area contributed by atoms with Crippen LogP contribution in [0.25, 0.3) is 11.3 Å². The fourth-order valence-electron chi connectivity index (χ4n) is 3.55. The summed E-state index contributed by atoms with van der Waals surface area (Å²) in [6, 6.07) is 15.0. The number of nitrogens with zero attached hydrogens (tertiary/aromatic N) is 1. The third-order valence-corrected chi connectivity index (χ3v) is 5.91. The van der Waals surface area contributed by atoms with Gasteiger partial charge in [-0.05, 0) is 61.8 Å². The maximum Gasteiger partial charge on any atom is 0.226 e. The Morgan fingerprint density at radius 1 is 1.07 bits per heavy atom. The highest BCUT2D eigenvalue weighted by Gasteiger charge is 2.12. The summed E-state index contributed by atoms with van der Waals surface area (Å²) in [5.74, 6) is 0.0157. The number of nitrogens with one attached hydrogen (secondary N) is 1. The van der Waals surface area contributed by atoms with Gasteiger partial charge in [0.1, 0.15) is 0 Å². The van der Waals surface area contributed by atoms with Crippen molar-refractivity contribution in [3.63, 3.8) is 0 Å². The van der Waals surface area contributed by atoms with Crippen molar-refractivity contribution >= 4 is 22.4 Å². The van der Waals surface area contributed by atoms with Gasteiger partial charge < -0.3 is 5.32 Å². The molecule has 0 radical (unpaired) electrons. The summed E-state index contributed by atoms with van der Waals surface area (Å²) in [6.45, 7) is 2.07. The zero-order valence-corrected chi connectivity index (χ0v) is 16.4. The lowest BCUT2D eigenvalue weighted by Gasteiger charge is -2.16. The first-order valence-electron chi connectivity index (χ1n) is 9.60. The first-order chi connectivity index (χ1) is 13.2. The van der Waals surface area contributed by atoms with Crippen LogP contribution in [0.4, 0.5) is 5.13 Å². The van der Waals surface area contributed by atoms with E-state index >= 15 is 0 Å². The van der Waals surface area contributed by atoms with Gasteiger partial charge in [0.2, 0.25) is 5.91 Å². The third-order valence-electron chi connectivity index (χ3n) is 5.16. The second-order valence-electron chi connectivity index (χ2n) is 7.26. The van der Waals surface area contributed by atoms with Crippen LogP contribution in [0.5, 0.6) is 0 Å². The summed E-state index contributed by atoms with van der Waals surface area (Å²) in [6.07, 6.45) is 6.13. The number of fused-ring (bicyclic) bond motifs is 1. The third kappa shape index (κ3) is 4.45. The molecule has 1 aliphatic rings. The topological polar surface area (TPSA) is 42.0 Å². The van der Waals surface area contributed by atoms with Crippen LogP contribution in [0.1, 0.15) is 41.5 Å². The molecule has 0 bridgehead atoms. The molecule has 1 amide bonds. The quantitative estimate of drug-likeness (QED) is 0.632. The normalized spacial score (nSPS) is 13.2. The molecule has 0 spiro atoms. The number of carbonyl (C=O) groups is 1. The van der Waals surface area contributed by atoms with E-state index in [0.717, 1.165) is 24.1 Å². The minimum atomic E-state index is 0.0157. The van der Waals surface area contributed by atoms with Crippen LogP contribution < -0.4 is 5.32 Å². The van der Waals surface area contributed by atoms with Gasteiger partial charge in [-0.1, -0.05) is 42.0 Å². The standard InChI is InChI=1S/C23H24N2OS/c1-16-6-8-17(9-7-16)10-13-22(26)25-23-24-21(15-27-23)20-12-11-18-4-2-3-5-19(18)14-20/h6-9,11-12,14-15H,2-5,10,13H2,1H3,(H,24,25,26). The molecule has 1 aromatic heterocycles. The Labute approximate surface area is 164 Å². The molecule has 0 saturated heterocycles. The zero-order chi connectivity index (χ0) is 18.6. The van der Waals surface area contributed by atoms with Crippen molar-refractivity contribution in [3.8, 4) is 11.3 Å². The minimum absolute atomic E-state index is 0.0157. The minimum Gasteiger partial charge on any atom is -0.302 e. The maximum atomic E-state index is 12.2. The molecule has 0 saturated carbocycles. The van der Waals surface area contributed by atoms with Crippen molar-refractivity contribution in [2.45, 2.75) is 45.4 Å². The number of thiazole rings is 1. The fourth-order valence-corrected chi connectivity index (χ4v) is 4.29. The van der Waals surface area contributed by atoms with Gasteiger partial charge in [-0.2, -0.15) is 0 Å². The van der Waals surface area contributed by atoms with Crippen molar-refractivity contribution in [3.05, 3.63) is 70.1 Å². The van der Waals surface area contributed by atoms with Gasteiger partial charge in [0, 0.05) is 17.4 Å². The first-order valence-corrected chi connectivity index (χ1v) is 10.5. The lowest BCUT2D eigenvalue weighted by Crippen LogP contribution is -2.12.